The van der Waals surface area contributed by atoms with Gasteiger partial charge >= 0.3 is 5.97 Å². The molecular weight excluding hydrogens is 260 g/mol. The summed E-state index contributed by atoms with van der Waals surface area (Å²) < 4.78 is 15.8. The molecule has 0 saturated carbocycles. The summed E-state index contributed by atoms with van der Waals surface area (Å²) in [4.78, 5) is 22.6. The molecule has 1 heterocycles. The molecule has 1 rings (SSSR count). The van der Waals surface area contributed by atoms with E-state index in [1.807, 2.05) is 0 Å². The highest BCUT2D eigenvalue weighted by Crippen LogP contribution is 2.29. The lowest BCUT2D eigenvalue weighted by Crippen LogP contribution is -2.55. The molecule has 1 aliphatic rings. The Labute approximate surface area is 108 Å². The van der Waals surface area contributed by atoms with E-state index >= 15 is 0 Å². The molecule has 0 amide bonds. The molecule has 0 aliphatic carbocycles. The minimum Gasteiger partial charge on any atom is -0.548 e. The van der Waals surface area contributed by atoms with Gasteiger partial charge in [0.2, 0.25) is 0 Å². The smallest absolute Gasteiger partial charge is 0.325 e. The first-order chi connectivity index (χ1) is 8.27. The van der Waals surface area contributed by atoms with Gasteiger partial charge < -0.3 is 20.0 Å². The van der Waals surface area contributed by atoms with Gasteiger partial charge in [0.1, 0.15) is 11.4 Å². The molecule has 8 heteroatoms. The van der Waals surface area contributed by atoms with Crippen LogP contribution in [0.5, 0.6) is 0 Å². The van der Waals surface area contributed by atoms with Gasteiger partial charge in [-0.2, -0.15) is 0 Å². The van der Waals surface area contributed by atoms with Crippen molar-refractivity contribution in [2.45, 2.75) is 36.1 Å². The predicted octanol–water partition coefficient (Wildman–Crippen LogP) is -2.68. The normalized spacial score (nSPS) is 31.9. The van der Waals surface area contributed by atoms with Gasteiger partial charge in [0.15, 0.2) is 0 Å². The third-order valence-corrected chi connectivity index (χ3v) is 5.22. The number of carbonyl (C=O) groups excluding carboxylic acids is 2. The van der Waals surface area contributed by atoms with E-state index in [0.29, 0.717) is 0 Å². The predicted molar refractivity (Wildman–Crippen MR) is 62.8 cm³/mol. The fourth-order valence-corrected chi connectivity index (χ4v) is 3.77. The molecule has 0 aromatic heterocycles. The summed E-state index contributed by atoms with van der Waals surface area (Å²) in [6.07, 6.45) is 0. The summed E-state index contributed by atoms with van der Waals surface area (Å²) >= 11 is 0. The van der Waals surface area contributed by atoms with Crippen LogP contribution in [0.25, 0.3) is 0 Å². The number of rotatable bonds is 4. The number of carboxylic acid groups (broad SMARTS) is 1. The fraction of sp³-hybridized carbons (Fsp3) is 0.800. The Hall–Kier alpha value is -0.990. The van der Waals surface area contributed by atoms with E-state index in [1.54, 1.807) is 13.8 Å². The van der Waals surface area contributed by atoms with Crippen molar-refractivity contribution in [1.82, 2.24) is 10.6 Å². The molecule has 4 unspecified atom stereocenters. The minimum absolute atomic E-state index is 0.599. The highest BCUT2D eigenvalue weighted by atomic mass is 32.2. The first-order valence-corrected chi connectivity index (χ1v) is 6.61. The lowest BCUT2D eigenvalue weighted by molar-refractivity contribution is -0.308. The number of likely N-dealkylation sites (N-methyl/N-ethyl adjacent to an activating group) is 1. The Balaban J connectivity index is 3.03. The zero-order valence-corrected chi connectivity index (χ0v) is 11.5. The number of esters is 1. The van der Waals surface area contributed by atoms with Gasteiger partial charge in [0, 0.05) is 10.8 Å². The zero-order chi connectivity index (χ0) is 14.1. The lowest BCUT2D eigenvalue weighted by Gasteiger charge is -2.25. The fourth-order valence-electron chi connectivity index (χ4n) is 1.96. The highest BCUT2D eigenvalue weighted by molar-refractivity contribution is 7.87. The summed E-state index contributed by atoms with van der Waals surface area (Å²) in [6.45, 7) is 3.11. The van der Waals surface area contributed by atoms with Gasteiger partial charge in [-0.25, -0.2) is 0 Å². The average molecular weight is 277 g/mol. The first-order valence-electron chi connectivity index (χ1n) is 5.40. The molecule has 0 bridgehead atoms. The highest BCUT2D eigenvalue weighted by Gasteiger charge is 2.51. The van der Waals surface area contributed by atoms with Crippen LogP contribution in [0.3, 0.4) is 0 Å². The van der Waals surface area contributed by atoms with Crippen molar-refractivity contribution in [2.75, 3.05) is 14.2 Å². The van der Waals surface area contributed by atoms with E-state index in [0.717, 1.165) is 0 Å². The number of aliphatic carboxylic acids is 1. The molecule has 4 atom stereocenters. The maximum Gasteiger partial charge on any atom is 0.325 e. The van der Waals surface area contributed by atoms with Crippen molar-refractivity contribution < 1.29 is 23.6 Å². The van der Waals surface area contributed by atoms with Crippen LogP contribution in [0.15, 0.2) is 0 Å². The van der Waals surface area contributed by atoms with Crippen molar-refractivity contribution in [1.29, 1.82) is 0 Å². The number of hydrogen-bond donors (Lipinski definition) is 2. The average Bonchev–Trinajstić information content (AvgIpc) is 2.53. The summed E-state index contributed by atoms with van der Waals surface area (Å²) in [5, 5.41) is 15.5. The number of nitrogens with one attached hydrogen (secondary N) is 2. The number of methoxy groups -OCH3 is 1. The monoisotopic (exact) mass is 277 g/mol. The second kappa shape index (κ2) is 5.33. The van der Waals surface area contributed by atoms with Crippen LogP contribution < -0.4 is 15.7 Å². The largest absolute Gasteiger partial charge is 0.548 e. The second-order valence-electron chi connectivity index (χ2n) is 4.53. The van der Waals surface area contributed by atoms with E-state index in [-0.39, 0.29) is 0 Å². The third kappa shape index (κ3) is 2.40. The molecule has 7 nitrogen and oxygen atoms in total. The molecule has 104 valence electrons. The van der Waals surface area contributed by atoms with Crippen LogP contribution in [0.1, 0.15) is 13.8 Å². The lowest BCUT2D eigenvalue weighted by atomic mass is 10.0. The summed E-state index contributed by atoms with van der Waals surface area (Å²) in [6, 6.07) is -1.96. The van der Waals surface area contributed by atoms with E-state index in [4.69, 9.17) is 0 Å². The van der Waals surface area contributed by atoms with Crippen LogP contribution in [-0.2, 0) is 25.1 Å². The molecule has 0 aromatic carbocycles. The van der Waals surface area contributed by atoms with Gasteiger partial charge in [0.05, 0.1) is 23.9 Å². The minimum atomic E-state index is -1.57. The van der Waals surface area contributed by atoms with Gasteiger partial charge in [-0.3, -0.25) is 14.3 Å². The first kappa shape index (κ1) is 15.1. The summed E-state index contributed by atoms with van der Waals surface area (Å²) in [5.41, 5.74) is 0. The maximum atomic E-state index is 12.3. The van der Waals surface area contributed by atoms with Crippen LogP contribution in [-0.4, -0.2) is 52.5 Å². The summed E-state index contributed by atoms with van der Waals surface area (Å²) in [7, 11) is 1.16. The van der Waals surface area contributed by atoms with Crippen LogP contribution in [0.4, 0.5) is 0 Å². The Morgan fingerprint density at radius 1 is 1.50 bits per heavy atom. The Kier molecular flexibility index (Phi) is 4.46. The quantitative estimate of drug-likeness (QED) is 0.539. The molecule has 2 N–H and O–H groups in total. The topological polar surface area (TPSA) is 108 Å². The van der Waals surface area contributed by atoms with E-state index < -0.39 is 44.9 Å². The van der Waals surface area contributed by atoms with Gasteiger partial charge in [-0.05, 0) is 20.9 Å². The maximum absolute atomic E-state index is 12.3. The van der Waals surface area contributed by atoms with Crippen molar-refractivity contribution >= 4 is 22.7 Å². The Morgan fingerprint density at radius 3 is 2.39 bits per heavy atom. The van der Waals surface area contributed by atoms with Crippen LogP contribution in [0, 0.1) is 0 Å². The zero-order valence-electron chi connectivity index (χ0n) is 10.7. The molecule has 1 aliphatic heterocycles. The van der Waals surface area contributed by atoms with E-state index in [9.17, 15) is 18.9 Å². The van der Waals surface area contributed by atoms with E-state index in [1.165, 1.54) is 14.2 Å². The molecular formula is C10H17N2O5S-. The van der Waals surface area contributed by atoms with Crippen LogP contribution >= 0.6 is 0 Å². The van der Waals surface area contributed by atoms with E-state index in [2.05, 4.69) is 15.4 Å². The standard InChI is InChI=1S/C10H18N2O5S/c1-10(2)6(8(13)14)12-7(18(10)16)5(11-3)9(15)17-4/h5-7,11-12H,1-4H3,(H,13,14)/p-1. The number of carbonyl (C=O) groups is 2. The third-order valence-electron chi connectivity index (χ3n) is 3.08. The Morgan fingerprint density at radius 2 is 2.06 bits per heavy atom. The molecule has 0 radical (unpaired) electrons. The number of carboxylic acids is 1. The van der Waals surface area contributed by atoms with Gasteiger partial charge in [-0.15, -0.1) is 0 Å². The van der Waals surface area contributed by atoms with Crippen molar-refractivity contribution in [2.24, 2.45) is 0 Å². The van der Waals surface area contributed by atoms with Gasteiger partial charge in [0.25, 0.3) is 0 Å². The van der Waals surface area contributed by atoms with Crippen molar-refractivity contribution in [3.8, 4) is 0 Å². The molecule has 18 heavy (non-hydrogen) atoms. The molecule has 0 aromatic rings. The number of hydrogen-bond acceptors (Lipinski definition) is 7. The second-order valence-corrected chi connectivity index (χ2v) is 6.68. The van der Waals surface area contributed by atoms with Crippen LogP contribution in [0.2, 0.25) is 0 Å². The summed E-state index contributed by atoms with van der Waals surface area (Å²) in [5.74, 6) is -1.94. The molecule has 0 spiro atoms. The van der Waals surface area contributed by atoms with Crippen molar-refractivity contribution in [3.63, 3.8) is 0 Å². The SMILES string of the molecule is CNC(C(=O)OC)C1NC(C(=O)[O-])C(C)(C)S1=O. The Bertz CT molecular complexity index is 384. The van der Waals surface area contributed by atoms with Gasteiger partial charge in [-0.1, -0.05) is 0 Å². The molecule has 1 fully saturated rings. The number of ether oxygens (including phenoxy) is 1. The molecule has 1 saturated heterocycles. The van der Waals surface area contributed by atoms with Crippen molar-refractivity contribution in [3.05, 3.63) is 0 Å².